The smallest absolute Gasteiger partial charge is 0.108 e. The third kappa shape index (κ3) is 1.56. The van der Waals surface area contributed by atoms with Gasteiger partial charge in [-0.05, 0) is 25.6 Å². The Hall–Kier alpha value is -1.55. The van der Waals surface area contributed by atoms with E-state index < -0.39 is 0 Å². The maximum Gasteiger partial charge on any atom is 0.108 e. The Morgan fingerprint density at radius 1 is 1.50 bits per heavy atom. The number of hydrogen-bond donors (Lipinski definition) is 3. The summed E-state index contributed by atoms with van der Waals surface area (Å²) in [5.74, 6) is 0.929. The predicted molar refractivity (Wildman–Crippen MR) is 55.9 cm³/mol. The van der Waals surface area contributed by atoms with Crippen molar-refractivity contribution >= 4 is 0 Å². The Bertz CT molecular complexity index is 400. The largest absolute Gasteiger partial charge is 0.360 e. The number of H-pyrrole nitrogens is 2. The van der Waals surface area contributed by atoms with Gasteiger partial charge in [-0.25, -0.2) is 4.98 Å². The molecule has 0 bridgehead atoms. The van der Waals surface area contributed by atoms with Crippen molar-refractivity contribution in [3.63, 3.8) is 0 Å². The maximum atomic E-state index is 5.53. The fourth-order valence-corrected chi connectivity index (χ4v) is 1.57. The predicted octanol–water partition coefficient (Wildman–Crippen LogP) is 1.21. The molecule has 0 radical (unpaired) electrons. The van der Waals surface area contributed by atoms with Crippen molar-refractivity contribution in [2.45, 2.75) is 13.3 Å². The van der Waals surface area contributed by atoms with Gasteiger partial charge in [0.1, 0.15) is 11.5 Å². The van der Waals surface area contributed by atoms with Gasteiger partial charge in [-0.15, -0.1) is 0 Å². The van der Waals surface area contributed by atoms with E-state index in [0.29, 0.717) is 6.54 Å². The molecule has 0 spiro atoms. The molecule has 0 saturated heterocycles. The van der Waals surface area contributed by atoms with E-state index in [4.69, 9.17) is 5.73 Å². The highest BCUT2D eigenvalue weighted by Gasteiger charge is 2.09. The van der Waals surface area contributed by atoms with Gasteiger partial charge in [-0.3, -0.25) is 0 Å². The lowest BCUT2D eigenvalue weighted by molar-refractivity contribution is 0.930. The number of nitrogens with zero attached hydrogens (tertiary/aromatic N) is 1. The molecule has 14 heavy (non-hydrogen) atoms. The van der Waals surface area contributed by atoms with Crippen molar-refractivity contribution in [3.8, 4) is 11.4 Å². The number of aromatic nitrogens is 3. The average Bonchev–Trinajstić information content (AvgIpc) is 2.74. The molecule has 4 heteroatoms. The zero-order chi connectivity index (χ0) is 9.97. The molecule has 2 aromatic heterocycles. The van der Waals surface area contributed by atoms with E-state index in [1.807, 2.05) is 25.3 Å². The maximum absolute atomic E-state index is 5.53. The Kier molecular flexibility index (Phi) is 2.37. The summed E-state index contributed by atoms with van der Waals surface area (Å²) in [5, 5.41) is 0. The molecule has 0 fully saturated rings. The number of aryl methyl sites for hydroxylation is 1. The van der Waals surface area contributed by atoms with Gasteiger partial charge in [0.05, 0.1) is 5.69 Å². The monoisotopic (exact) mass is 190 g/mol. The Morgan fingerprint density at radius 3 is 3.00 bits per heavy atom. The zero-order valence-corrected chi connectivity index (χ0v) is 8.17. The van der Waals surface area contributed by atoms with Crippen LogP contribution in [0.5, 0.6) is 0 Å². The summed E-state index contributed by atoms with van der Waals surface area (Å²) in [6.07, 6.45) is 2.72. The van der Waals surface area contributed by atoms with E-state index in [0.717, 1.165) is 29.3 Å². The van der Waals surface area contributed by atoms with Crippen LogP contribution in [0.25, 0.3) is 11.4 Å². The summed E-state index contributed by atoms with van der Waals surface area (Å²) < 4.78 is 0. The first kappa shape index (κ1) is 9.02. The van der Waals surface area contributed by atoms with Crippen LogP contribution in [0.4, 0.5) is 0 Å². The second-order valence-corrected chi connectivity index (χ2v) is 3.27. The highest BCUT2D eigenvalue weighted by Crippen LogP contribution is 2.19. The van der Waals surface area contributed by atoms with Gasteiger partial charge in [0, 0.05) is 18.3 Å². The van der Waals surface area contributed by atoms with E-state index in [2.05, 4.69) is 15.0 Å². The quantitative estimate of drug-likeness (QED) is 0.681. The molecule has 0 aliphatic rings. The van der Waals surface area contributed by atoms with Crippen LogP contribution < -0.4 is 5.73 Å². The van der Waals surface area contributed by atoms with Crippen LogP contribution in [0, 0.1) is 6.92 Å². The van der Waals surface area contributed by atoms with Gasteiger partial charge >= 0.3 is 0 Å². The van der Waals surface area contributed by atoms with Crippen LogP contribution in [0.3, 0.4) is 0 Å². The lowest BCUT2D eigenvalue weighted by Crippen LogP contribution is -2.04. The van der Waals surface area contributed by atoms with Crippen LogP contribution in [0.15, 0.2) is 18.3 Å². The molecule has 0 aromatic carbocycles. The lowest BCUT2D eigenvalue weighted by Gasteiger charge is -1.97. The Labute approximate surface area is 82.6 Å². The minimum atomic E-state index is 0.634. The first-order valence-electron chi connectivity index (χ1n) is 4.70. The van der Waals surface area contributed by atoms with Crippen molar-refractivity contribution in [2.24, 2.45) is 5.73 Å². The van der Waals surface area contributed by atoms with Crippen LogP contribution in [-0.2, 0) is 6.42 Å². The summed E-state index contributed by atoms with van der Waals surface area (Å²) in [5.41, 5.74) is 8.66. The normalized spacial score (nSPS) is 10.7. The van der Waals surface area contributed by atoms with Gasteiger partial charge in [-0.1, -0.05) is 0 Å². The molecule has 4 N–H and O–H groups in total. The molecule has 0 aliphatic carbocycles. The number of nitrogens with one attached hydrogen (secondary N) is 2. The summed E-state index contributed by atoms with van der Waals surface area (Å²) in [4.78, 5) is 10.8. The summed E-state index contributed by atoms with van der Waals surface area (Å²) in [6, 6.07) is 3.97. The van der Waals surface area contributed by atoms with Crippen molar-refractivity contribution in [3.05, 3.63) is 29.8 Å². The second kappa shape index (κ2) is 3.67. The topological polar surface area (TPSA) is 70.5 Å². The summed E-state index contributed by atoms with van der Waals surface area (Å²) in [7, 11) is 0. The fourth-order valence-electron chi connectivity index (χ4n) is 1.57. The average molecular weight is 190 g/mol. The molecule has 0 aliphatic heterocycles. The molecule has 0 atom stereocenters. The standard InChI is InChI=1S/C10H14N4/c1-7-13-9(4-5-11)10(14-7)8-3-2-6-12-8/h2-3,6,12H,4-5,11H2,1H3,(H,13,14). The SMILES string of the molecule is Cc1nc(-c2ccc[nH]2)c(CCN)[nH]1. The molecule has 0 saturated carbocycles. The highest BCUT2D eigenvalue weighted by atomic mass is 14.9. The van der Waals surface area contributed by atoms with Crippen LogP contribution >= 0.6 is 0 Å². The molecule has 4 nitrogen and oxygen atoms in total. The molecule has 74 valence electrons. The third-order valence-electron chi connectivity index (χ3n) is 2.14. The van der Waals surface area contributed by atoms with Crippen molar-refractivity contribution in [1.82, 2.24) is 15.0 Å². The number of imidazole rings is 1. The first-order chi connectivity index (χ1) is 6.81. The third-order valence-corrected chi connectivity index (χ3v) is 2.14. The van der Waals surface area contributed by atoms with E-state index in [9.17, 15) is 0 Å². The van der Waals surface area contributed by atoms with Gasteiger partial charge in [0.15, 0.2) is 0 Å². The molecule has 2 aromatic rings. The molecular formula is C10H14N4. The number of hydrogen-bond acceptors (Lipinski definition) is 2. The number of rotatable bonds is 3. The van der Waals surface area contributed by atoms with Gasteiger partial charge in [-0.2, -0.15) is 0 Å². The van der Waals surface area contributed by atoms with Crippen molar-refractivity contribution < 1.29 is 0 Å². The molecule has 2 rings (SSSR count). The fraction of sp³-hybridized carbons (Fsp3) is 0.300. The van der Waals surface area contributed by atoms with Crippen molar-refractivity contribution in [2.75, 3.05) is 6.54 Å². The zero-order valence-electron chi connectivity index (χ0n) is 8.17. The van der Waals surface area contributed by atoms with Gasteiger partial charge in [0.25, 0.3) is 0 Å². The molecule has 0 unspecified atom stereocenters. The minimum Gasteiger partial charge on any atom is -0.360 e. The first-order valence-corrected chi connectivity index (χ1v) is 4.70. The molecule has 0 amide bonds. The van der Waals surface area contributed by atoms with E-state index >= 15 is 0 Å². The lowest BCUT2D eigenvalue weighted by atomic mass is 10.2. The summed E-state index contributed by atoms with van der Waals surface area (Å²) in [6.45, 7) is 2.59. The molecule has 2 heterocycles. The minimum absolute atomic E-state index is 0.634. The highest BCUT2D eigenvalue weighted by molar-refractivity contribution is 5.57. The van der Waals surface area contributed by atoms with Crippen LogP contribution in [-0.4, -0.2) is 21.5 Å². The second-order valence-electron chi connectivity index (χ2n) is 3.27. The van der Waals surface area contributed by atoms with E-state index in [-0.39, 0.29) is 0 Å². The summed E-state index contributed by atoms with van der Waals surface area (Å²) >= 11 is 0. The van der Waals surface area contributed by atoms with Crippen LogP contribution in [0.1, 0.15) is 11.5 Å². The van der Waals surface area contributed by atoms with Gasteiger partial charge in [0.2, 0.25) is 0 Å². The Balaban J connectivity index is 2.41. The number of nitrogens with two attached hydrogens (primary N) is 1. The van der Waals surface area contributed by atoms with E-state index in [1.54, 1.807) is 0 Å². The Morgan fingerprint density at radius 2 is 2.36 bits per heavy atom. The van der Waals surface area contributed by atoms with Crippen LogP contribution in [0.2, 0.25) is 0 Å². The van der Waals surface area contributed by atoms with Crippen molar-refractivity contribution in [1.29, 1.82) is 0 Å². The molecular weight excluding hydrogens is 176 g/mol. The van der Waals surface area contributed by atoms with E-state index in [1.165, 1.54) is 0 Å². The number of aromatic amines is 2. The van der Waals surface area contributed by atoms with Gasteiger partial charge < -0.3 is 15.7 Å².